The van der Waals surface area contributed by atoms with E-state index in [-0.39, 0.29) is 0 Å². The van der Waals surface area contributed by atoms with Crippen molar-refractivity contribution in [2.75, 3.05) is 5.73 Å². The fraction of sp³-hybridized carbons (Fsp3) is 0.267. The van der Waals surface area contributed by atoms with Crippen molar-refractivity contribution in [1.29, 1.82) is 0 Å². The third kappa shape index (κ3) is 1.74. The van der Waals surface area contributed by atoms with E-state index < -0.39 is 0 Å². The van der Waals surface area contributed by atoms with Crippen LogP contribution < -0.4 is 5.73 Å². The molecule has 4 rings (SSSR count). The van der Waals surface area contributed by atoms with Crippen LogP contribution in [0.2, 0.25) is 0 Å². The summed E-state index contributed by atoms with van der Waals surface area (Å²) in [7, 11) is 0. The summed E-state index contributed by atoms with van der Waals surface area (Å²) in [6.45, 7) is 0.868. The number of aromatic nitrogens is 4. The van der Waals surface area contributed by atoms with Crippen LogP contribution in [0.3, 0.4) is 0 Å². The van der Waals surface area contributed by atoms with Crippen molar-refractivity contribution in [3.63, 3.8) is 0 Å². The van der Waals surface area contributed by atoms with E-state index in [1.807, 2.05) is 16.9 Å². The van der Waals surface area contributed by atoms with Crippen LogP contribution in [0.1, 0.15) is 23.7 Å². The number of hydrogen-bond donors (Lipinski definition) is 1. The Morgan fingerprint density at radius 2 is 2.10 bits per heavy atom. The van der Waals surface area contributed by atoms with Crippen molar-refractivity contribution < 1.29 is 0 Å². The SMILES string of the molecule is Nc1nc2n(n1)CCC(c1cccc3cccnc13)C2. The van der Waals surface area contributed by atoms with E-state index in [1.54, 1.807) is 0 Å². The molecule has 3 aromatic rings. The predicted molar refractivity (Wildman–Crippen MR) is 77.2 cm³/mol. The quantitative estimate of drug-likeness (QED) is 0.732. The summed E-state index contributed by atoms with van der Waals surface area (Å²) in [5.74, 6) is 1.79. The third-order valence-corrected chi connectivity index (χ3v) is 3.99. The first-order valence-electron chi connectivity index (χ1n) is 6.84. The normalized spacial score (nSPS) is 18.1. The van der Waals surface area contributed by atoms with Crippen molar-refractivity contribution >= 4 is 16.9 Å². The monoisotopic (exact) mass is 265 g/mol. The van der Waals surface area contributed by atoms with E-state index >= 15 is 0 Å². The molecule has 0 aliphatic carbocycles. The van der Waals surface area contributed by atoms with Gasteiger partial charge in [0.1, 0.15) is 5.82 Å². The lowest BCUT2D eigenvalue weighted by molar-refractivity contribution is 0.436. The maximum absolute atomic E-state index is 5.68. The highest BCUT2D eigenvalue weighted by molar-refractivity contribution is 5.82. The van der Waals surface area contributed by atoms with Gasteiger partial charge >= 0.3 is 0 Å². The number of aryl methyl sites for hydroxylation is 1. The van der Waals surface area contributed by atoms with Crippen LogP contribution in [0.15, 0.2) is 36.5 Å². The highest BCUT2D eigenvalue weighted by Crippen LogP contribution is 2.32. The average Bonchev–Trinajstić information content (AvgIpc) is 2.85. The Morgan fingerprint density at radius 3 is 3.05 bits per heavy atom. The van der Waals surface area contributed by atoms with Crippen molar-refractivity contribution in [2.45, 2.75) is 25.3 Å². The number of anilines is 1. The fourth-order valence-electron chi connectivity index (χ4n) is 3.05. The van der Waals surface area contributed by atoms with Crippen molar-refractivity contribution in [3.05, 3.63) is 47.9 Å². The van der Waals surface area contributed by atoms with Gasteiger partial charge in [-0.05, 0) is 24.0 Å². The topological polar surface area (TPSA) is 69.6 Å². The van der Waals surface area contributed by atoms with Crippen LogP contribution in [0.5, 0.6) is 0 Å². The molecule has 3 heterocycles. The molecule has 0 saturated heterocycles. The number of nitrogens with two attached hydrogens (primary N) is 1. The number of pyridine rings is 1. The molecule has 0 bridgehead atoms. The van der Waals surface area contributed by atoms with Gasteiger partial charge in [-0.3, -0.25) is 4.98 Å². The molecule has 5 heteroatoms. The standard InChI is InChI=1S/C15H15N5/c16-15-18-13-9-11(6-8-20(13)19-15)12-5-1-3-10-4-2-7-17-14(10)12/h1-5,7,11H,6,8-9H2,(H2,16,19). The van der Waals surface area contributed by atoms with E-state index in [0.717, 1.165) is 30.7 Å². The molecule has 1 atom stereocenters. The zero-order valence-corrected chi connectivity index (χ0v) is 11.0. The highest BCUT2D eigenvalue weighted by Gasteiger charge is 2.24. The molecule has 1 aliphatic rings. The molecule has 1 unspecified atom stereocenters. The molecule has 2 aromatic heterocycles. The number of para-hydroxylation sites is 1. The molecule has 20 heavy (non-hydrogen) atoms. The maximum Gasteiger partial charge on any atom is 0.239 e. The zero-order chi connectivity index (χ0) is 13.5. The molecule has 0 fully saturated rings. The minimum Gasteiger partial charge on any atom is -0.366 e. The smallest absolute Gasteiger partial charge is 0.239 e. The van der Waals surface area contributed by atoms with Crippen LogP contribution >= 0.6 is 0 Å². The molecule has 0 spiro atoms. The van der Waals surface area contributed by atoms with Gasteiger partial charge in [-0.15, -0.1) is 5.10 Å². The van der Waals surface area contributed by atoms with Crippen LogP contribution in [0.4, 0.5) is 5.95 Å². The number of hydrogen-bond acceptors (Lipinski definition) is 4. The number of fused-ring (bicyclic) bond motifs is 2. The van der Waals surface area contributed by atoms with Gasteiger partial charge in [0, 0.05) is 24.5 Å². The lowest BCUT2D eigenvalue weighted by Crippen LogP contribution is -2.19. The minimum absolute atomic E-state index is 0.372. The minimum atomic E-state index is 0.372. The number of nitrogens with zero attached hydrogens (tertiary/aromatic N) is 4. The molecule has 0 amide bonds. The summed E-state index contributed by atoms with van der Waals surface area (Å²) < 4.78 is 1.92. The Balaban J connectivity index is 1.77. The van der Waals surface area contributed by atoms with Gasteiger partial charge in [0.25, 0.3) is 0 Å². The van der Waals surface area contributed by atoms with E-state index in [9.17, 15) is 0 Å². The molecule has 0 radical (unpaired) electrons. The average molecular weight is 265 g/mol. The van der Waals surface area contributed by atoms with Crippen molar-refractivity contribution in [3.8, 4) is 0 Å². The summed E-state index contributed by atoms with van der Waals surface area (Å²) in [6, 6.07) is 10.5. The first-order valence-corrected chi connectivity index (χ1v) is 6.84. The van der Waals surface area contributed by atoms with Gasteiger partial charge in [0.05, 0.1) is 5.52 Å². The first-order chi connectivity index (χ1) is 9.81. The maximum atomic E-state index is 5.68. The van der Waals surface area contributed by atoms with Gasteiger partial charge in [-0.1, -0.05) is 24.3 Å². The molecular weight excluding hydrogens is 250 g/mol. The second-order valence-electron chi connectivity index (χ2n) is 5.22. The van der Waals surface area contributed by atoms with Crippen molar-refractivity contribution in [2.24, 2.45) is 0 Å². The summed E-state index contributed by atoms with van der Waals surface area (Å²) in [6.07, 6.45) is 3.78. The molecule has 2 N–H and O–H groups in total. The Bertz CT molecular complexity index is 772. The lowest BCUT2D eigenvalue weighted by atomic mass is 9.88. The molecular formula is C15H15N5. The third-order valence-electron chi connectivity index (χ3n) is 3.99. The van der Waals surface area contributed by atoms with Gasteiger partial charge in [-0.25, -0.2) is 4.68 Å². The van der Waals surface area contributed by atoms with E-state index in [1.165, 1.54) is 10.9 Å². The van der Waals surface area contributed by atoms with E-state index in [4.69, 9.17) is 5.73 Å². The Labute approximate surface area is 116 Å². The second-order valence-corrected chi connectivity index (χ2v) is 5.22. The van der Waals surface area contributed by atoms with E-state index in [0.29, 0.717) is 11.9 Å². The molecule has 1 aromatic carbocycles. The molecule has 0 saturated carbocycles. The first kappa shape index (κ1) is 11.4. The lowest BCUT2D eigenvalue weighted by Gasteiger charge is -2.23. The fourth-order valence-corrected chi connectivity index (χ4v) is 3.05. The van der Waals surface area contributed by atoms with Gasteiger partial charge in [0.2, 0.25) is 5.95 Å². The Kier molecular flexibility index (Phi) is 2.45. The largest absolute Gasteiger partial charge is 0.366 e. The number of nitrogen functional groups attached to an aromatic ring is 1. The van der Waals surface area contributed by atoms with Crippen LogP contribution in [-0.4, -0.2) is 19.7 Å². The highest BCUT2D eigenvalue weighted by atomic mass is 15.4. The van der Waals surface area contributed by atoms with Crippen LogP contribution in [0.25, 0.3) is 10.9 Å². The number of benzene rings is 1. The summed E-state index contributed by atoms with van der Waals surface area (Å²) in [5.41, 5.74) is 8.08. The van der Waals surface area contributed by atoms with Crippen molar-refractivity contribution in [1.82, 2.24) is 19.7 Å². The summed E-state index contributed by atoms with van der Waals surface area (Å²) in [4.78, 5) is 8.87. The van der Waals surface area contributed by atoms with Crippen LogP contribution in [-0.2, 0) is 13.0 Å². The molecule has 5 nitrogen and oxygen atoms in total. The Morgan fingerprint density at radius 1 is 1.20 bits per heavy atom. The number of rotatable bonds is 1. The predicted octanol–water partition coefficient (Wildman–Crippen LogP) is 2.14. The van der Waals surface area contributed by atoms with Gasteiger partial charge in [0.15, 0.2) is 0 Å². The van der Waals surface area contributed by atoms with E-state index in [2.05, 4.69) is 39.3 Å². The summed E-state index contributed by atoms with van der Waals surface area (Å²) in [5, 5.41) is 5.40. The van der Waals surface area contributed by atoms with Crippen LogP contribution in [0, 0.1) is 0 Å². The summed E-state index contributed by atoms with van der Waals surface area (Å²) >= 11 is 0. The second kappa shape index (κ2) is 4.30. The molecule has 1 aliphatic heterocycles. The zero-order valence-electron chi connectivity index (χ0n) is 11.0. The molecule has 100 valence electrons. The Hall–Kier alpha value is -2.43. The van der Waals surface area contributed by atoms with Gasteiger partial charge < -0.3 is 5.73 Å². The van der Waals surface area contributed by atoms with Gasteiger partial charge in [-0.2, -0.15) is 4.98 Å².